The molecule has 0 fully saturated rings. The second kappa shape index (κ2) is 15.5. The third kappa shape index (κ3) is 10.3. The lowest BCUT2D eigenvalue weighted by atomic mass is 10.1. The Bertz CT molecular complexity index is 815. The summed E-state index contributed by atoms with van der Waals surface area (Å²) in [4.78, 5) is 18.6. The molecule has 1 unspecified atom stereocenters. The van der Waals surface area contributed by atoms with Crippen molar-refractivity contribution in [2.24, 2.45) is 4.99 Å². The summed E-state index contributed by atoms with van der Waals surface area (Å²) in [6.45, 7) is 4.55. The van der Waals surface area contributed by atoms with E-state index in [1.165, 1.54) is 5.56 Å². The highest BCUT2D eigenvalue weighted by Gasteiger charge is 2.10. The van der Waals surface area contributed by atoms with Crippen molar-refractivity contribution >= 4 is 35.8 Å². The molecule has 0 saturated carbocycles. The Kier molecular flexibility index (Phi) is 13.4. The molecule has 176 valence electrons. The molecule has 0 aliphatic rings. The highest BCUT2D eigenvalue weighted by Crippen LogP contribution is 2.11. The molecule has 32 heavy (non-hydrogen) atoms. The predicted octanol–water partition coefficient (Wildman–Crippen LogP) is 3.01. The molecule has 3 N–H and O–H groups in total. The van der Waals surface area contributed by atoms with Crippen molar-refractivity contribution in [1.29, 1.82) is 0 Å². The van der Waals surface area contributed by atoms with E-state index in [4.69, 9.17) is 4.74 Å². The van der Waals surface area contributed by atoms with Crippen molar-refractivity contribution in [3.05, 3.63) is 65.7 Å². The maximum atomic E-state index is 12.1. The smallest absolute Gasteiger partial charge is 0.239 e. The van der Waals surface area contributed by atoms with Crippen LogP contribution in [-0.4, -0.2) is 57.1 Å². The molecule has 0 heterocycles. The van der Waals surface area contributed by atoms with E-state index < -0.39 is 0 Å². The topological polar surface area (TPSA) is 78.0 Å². The maximum absolute atomic E-state index is 12.1. The summed E-state index contributed by atoms with van der Waals surface area (Å²) < 4.78 is 5.14. The van der Waals surface area contributed by atoms with Gasteiger partial charge in [0.15, 0.2) is 5.96 Å². The predicted molar refractivity (Wildman–Crippen MR) is 142 cm³/mol. The molecule has 0 radical (unpaired) electrons. The summed E-state index contributed by atoms with van der Waals surface area (Å²) in [6.07, 6.45) is 0.966. The third-order valence-corrected chi connectivity index (χ3v) is 5.17. The molecule has 1 amide bonds. The average molecular weight is 553 g/mol. The van der Waals surface area contributed by atoms with E-state index in [9.17, 15) is 4.79 Å². The fourth-order valence-corrected chi connectivity index (χ4v) is 3.04. The number of ether oxygens (including phenoxy) is 1. The number of halogens is 1. The van der Waals surface area contributed by atoms with E-state index in [0.717, 1.165) is 30.8 Å². The lowest BCUT2D eigenvalue weighted by molar-refractivity contribution is -0.120. The van der Waals surface area contributed by atoms with E-state index in [-0.39, 0.29) is 36.4 Å². The summed E-state index contributed by atoms with van der Waals surface area (Å²) in [5.41, 5.74) is 2.33. The van der Waals surface area contributed by atoms with Gasteiger partial charge in [0.05, 0.1) is 13.7 Å². The first-order valence-electron chi connectivity index (χ1n) is 10.6. The van der Waals surface area contributed by atoms with Gasteiger partial charge >= 0.3 is 0 Å². The van der Waals surface area contributed by atoms with Crippen LogP contribution in [-0.2, 0) is 17.9 Å². The Hall–Kier alpha value is -2.33. The summed E-state index contributed by atoms with van der Waals surface area (Å²) >= 11 is 0. The van der Waals surface area contributed by atoms with Crippen LogP contribution in [0.25, 0.3) is 0 Å². The number of nitrogens with one attached hydrogen (secondary N) is 3. The van der Waals surface area contributed by atoms with Crippen LogP contribution in [0.3, 0.4) is 0 Å². The van der Waals surface area contributed by atoms with Crippen LogP contribution in [0.5, 0.6) is 5.75 Å². The molecule has 2 aromatic rings. The molecule has 0 bridgehead atoms. The first kappa shape index (κ1) is 27.7. The highest BCUT2D eigenvalue weighted by atomic mass is 127. The van der Waals surface area contributed by atoms with Gasteiger partial charge in [0.1, 0.15) is 5.75 Å². The van der Waals surface area contributed by atoms with Crippen LogP contribution in [0.2, 0.25) is 0 Å². The Balaban J connectivity index is 0.00000512. The second-order valence-corrected chi connectivity index (χ2v) is 7.52. The molecule has 2 aromatic carbocycles. The SMILES string of the molecule is CN=C(NCCC(C)N(C)Cc1ccccc1)NCC(=O)NCc1ccc(OC)cc1.I. The molecule has 0 aliphatic heterocycles. The quantitative estimate of drug-likeness (QED) is 0.227. The van der Waals surface area contributed by atoms with E-state index >= 15 is 0 Å². The van der Waals surface area contributed by atoms with Gasteiger partial charge in [-0.2, -0.15) is 0 Å². The van der Waals surface area contributed by atoms with Crippen LogP contribution in [0, 0.1) is 0 Å². The van der Waals surface area contributed by atoms with Crippen molar-refractivity contribution in [1.82, 2.24) is 20.9 Å². The van der Waals surface area contributed by atoms with Crippen LogP contribution in [0.1, 0.15) is 24.5 Å². The third-order valence-electron chi connectivity index (χ3n) is 5.17. The van der Waals surface area contributed by atoms with Gasteiger partial charge in [-0.25, -0.2) is 0 Å². The Labute approximate surface area is 209 Å². The number of hydrogen-bond donors (Lipinski definition) is 3. The fourth-order valence-electron chi connectivity index (χ4n) is 3.04. The standard InChI is InChI=1S/C24H35N5O2.HI/c1-19(29(3)18-21-8-6-5-7-9-21)14-15-26-24(25-2)28-17-23(30)27-16-20-10-12-22(31-4)13-11-20;/h5-13,19H,14-18H2,1-4H3,(H,27,30)(H2,25,26,28);1H. The first-order valence-corrected chi connectivity index (χ1v) is 10.6. The summed E-state index contributed by atoms with van der Waals surface area (Å²) in [5, 5.41) is 9.24. The van der Waals surface area contributed by atoms with E-state index in [1.807, 2.05) is 30.3 Å². The molecule has 0 aliphatic carbocycles. The van der Waals surface area contributed by atoms with Crippen molar-refractivity contribution in [2.75, 3.05) is 34.3 Å². The number of aliphatic imine (C=N–C) groups is 1. The minimum atomic E-state index is -0.0882. The zero-order chi connectivity index (χ0) is 22.5. The molecule has 2 rings (SSSR count). The number of hydrogen-bond acceptors (Lipinski definition) is 4. The highest BCUT2D eigenvalue weighted by molar-refractivity contribution is 14.0. The number of guanidine groups is 1. The number of nitrogens with zero attached hydrogens (tertiary/aromatic N) is 2. The van der Waals surface area contributed by atoms with Gasteiger partial charge in [-0.05, 0) is 43.7 Å². The maximum Gasteiger partial charge on any atom is 0.239 e. The van der Waals surface area contributed by atoms with Crippen LogP contribution in [0.15, 0.2) is 59.6 Å². The lowest BCUT2D eigenvalue weighted by Gasteiger charge is -2.25. The number of methoxy groups -OCH3 is 1. The first-order chi connectivity index (χ1) is 15.0. The van der Waals surface area contributed by atoms with E-state index in [2.05, 4.69) is 64.1 Å². The Morgan fingerprint density at radius 2 is 1.72 bits per heavy atom. The van der Waals surface area contributed by atoms with Crippen LogP contribution in [0.4, 0.5) is 0 Å². The largest absolute Gasteiger partial charge is 0.497 e. The average Bonchev–Trinajstić information content (AvgIpc) is 2.80. The van der Waals surface area contributed by atoms with Crippen molar-refractivity contribution < 1.29 is 9.53 Å². The normalized spacial score (nSPS) is 12.0. The van der Waals surface area contributed by atoms with Gasteiger partial charge in [-0.1, -0.05) is 42.5 Å². The van der Waals surface area contributed by atoms with Gasteiger partial charge in [-0.15, -0.1) is 24.0 Å². The number of benzene rings is 2. The molecule has 8 heteroatoms. The van der Waals surface area contributed by atoms with Crippen molar-refractivity contribution in [3.8, 4) is 5.75 Å². The second-order valence-electron chi connectivity index (χ2n) is 7.52. The van der Waals surface area contributed by atoms with Gasteiger partial charge in [0, 0.05) is 32.7 Å². The summed E-state index contributed by atoms with van der Waals surface area (Å²) in [7, 11) is 5.47. The Morgan fingerprint density at radius 3 is 2.34 bits per heavy atom. The number of amides is 1. The molecule has 0 spiro atoms. The minimum absolute atomic E-state index is 0. The number of rotatable bonds is 11. The van der Waals surface area contributed by atoms with Gasteiger partial charge in [-0.3, -0.25) is 14.7 Å². The van der Waals surface area contributed by atoms with Crippen molar-refractivity contribution in [2.45, 2.75) is 32.5 Å². The minimum Gasteiger partial charge on any atom is -0.497 e. The van der Waals surface area contributed by atoms with Gasteiger partial charge in [0.2, 0.25) is 5.91 Å². The Morgan fingerprint density at radius 1 is 1.03 bits per heavy atom. The molecule has 0 aromatic heterocycles. The zero-order valence-corrected chi connectivity index (χ0v) is 21.8. The molecule has 1 atom stereocenters. The molecule has 0 saturated heterocycles. The summed E-state index contributed by atoms with van der Waals surface area (Å²) in [6, 6.07) is 18.5. The lowest BCUT2D eigenvalue weighted by Crippen LogP contribution is -2.44. The van der Waals surface area contributed by atoms with Gasteiger partial charge in [0.25, 0.3) is 0 Å². The number of carbonyl (C=O) groups excluding carboxylic acids is 1. The van der Waals surface area contributed by atoms with E-state index in [1.54, 1.807) is 14.2 Å². The molecular weight excluding hydrogens is 517 g/mol. The van der Waals surface area contributed by atoms with Gasteiger partial charge < -0.3 is 20.7 Å². The summed E-state index contributed by atoms with van der Waals surface area (Å²) in [5.74, 6) is 1.33. The van der Waals surface area contributed by atoms with Crippen LogP contribution >= 0.6 is 24.0 Å². The van der Waals surface area contributed by atoms with Crippen LogP contribution < -0.4 is 20.7 Å². The number of carbonyl (C=O) groups is 1. The molecule has 7 nitrogen and oxygen atoms in total. The van der Waals surface area contributed by atoms with E-state index in [0.29, 0.717) is 18.5 Å². The molecular formula is C24H36IN5O2. The zero-order valence-electron chi connectivity index (χ0n) is 19.4. The fraction of sp³-hybridized carbons (Fsp3) is 0.417. The monoisotopic (exact) mass is 553 g/mol. The van der Waals surface area contributed by atoms with Crippen molar-refractivity contribution in [3.63, 3.8) is 0 Å².